The molecule has 2 aromatic carbocycles. The molecule has 4 heteroatoms. The highest BCUT2D eigenvalue weighted by Crippen LogP contribution is 2.29. The van der Waals surface area contributed by atoms with Crippen molar-refractivity contribution in [1.29, 1.82) is 0 Å². The van der Waals surface area contributed by atoms with Gasteiger partial charge < -0.3 is 4.90 Å². The van der Waals surface area contributed by atoms with Crippen molar-refractivity contribution in [1.82, 2.24) is 9.88 Å². The van der Waals surface area contributed by atoms with Crippen molar-refractivity contribution < 1.29 is 4.79 Å². The number of nitrogens with zero attached hydrogens (tertiary/aromatic N) is 2. The second-order valence-electron chi connectivity index (χ2n) is 7.33. The van der Waals surface area contributed by atoms with Crippen molar-refractivity contribution >= 4 is 28.1 Å². The maximum atomic E-state index is 13.6. The van der Waals surface area contributed by atoms with Crippen LogP contribution in [0, 0.1) is 6.92 Å². The Kier molecular flexibility index (Phi) is 4.21. The van der Waals surface area contributed by atoms with Crippen LogP contribution in [0.25, 0.3) is 22.2 Å². The second-order valence-corrected chi connectivity index (χ2v) is 8.11. The second kappa shape index (κ2) is 6.88. The van der Waals surface area contributed by atoms with E-state index in [0.717, 1.165) is 46.3 Å². The molecule has 0 saturated carbocycles. The van der Waals surface area contributed by atoms with Gasteiger partial charge in [-0.25, -0.2) is 4.98 Å². The standard InChI is InChI=1S/C24H20N2OS/c1-16-6-7-22-20(12-16)21(13-23(25-22)19-9-11-28-15-19)24(27)26-10-8-17-4-2-3-5-18(17)14-26/h2-7,9,11-13,15H,8,10,14H2,1H3. The van der Waals surface area contributed by atoms with E-state index in [1.165, 1.54) is 11.1 Å². The number of carbonyl (C=O) groups excluding carboxylic acids is 1. The third-order valence-electron chi connectivity index (χ3n) is 5.43. The number of rotatable bonds is 2. The van der Waals surface area contributed by atoms with Crippen molar-refractivity contribution in [3.8, 4) is 11.3 Å². The van der Waals surface area contributed by atoms with Gasteiger partial charge in [0.25, 0.3) is 5.91 Å². The average Bonchev–Trinajstić information content (AvgIpc) is 3.27. The van der Waals surface area contributed by atoms with E-state index in [2.05, 4.69) is 48.7 Å². The van der Waals surface area contributed by atoms with Gasteiger partial charge in [-0.3, -0.25) is 4.79 Å². The van der Waals surface area contributed by atoms with Gasteiger partial charge in [0, 0.05) is 29.4 Å². The SMILES string of the molecule is Cc1ccc2nc(-c3ccsc3)cc(C(=O)N3CCc4ccccc4C3)c2c1. The maximum Gasteiger partial charge on any atom is 0.254 e. The molecule has 3 nitrogen and oxygen atoms in total. The van der Waals surface area contributed by atoms with Crippen LogP contribution in [-0.2, 0) is 13.0 Å². The predicted molar refractivity (Wildman–Crippen MR) is 115 cm³/mol. The van der Waals surface area contributed by atoms with E-state index in [9.17, 15) is 4.79 Å². The molecule has 0 fully saturated rings. The van der Waals surface area contributed by atoms with Gasteiger partial charge in [0.15, 0.2) is 0 Å². The fourth-order valence-electron chi connectivity index (χ4n) is 3.91. The van der Waals surface area contributed by atoms with E-state index in [1.807, 2.05) is 28.5 Å². The summed E-state index contributed by atoms with van der Waals surface area (Å²) in [6, 6.07) is 18.6. The highest BCUT2D eigenvalue weighted by molar-refractivity contribution is 7.08. The smallest absolute Gasteiger partial charge is 0.254 e. The topological polar surface area (TPSA) is 33.2 Å². The molecule has 3 heterocycles. The summed E-state index contributed by atoms with van der Waals surface area (Å²) in [7, 11) is 0. The molecular formula is C24H20N2OS. The highest BCUT2D eigenvalue weighted by Gasteiger charge is 2.24. The van der Waals surface area contributed by atoms with Crippen molar-refractivity contribution in [2.75, 3.05) is 6.54 Å². The van der Waals surface area contributed by atoms with Crippen LogP contribution in [-0.4, -0.2) is 22.3 Å². The molecule has 4 aromatic rings. The van der Waals surface area contributed by atoms with E-state index in [1.54, 1.807) is 11.3 Å². The van der Waals surface area contributed by atoms with Crippen LogP contribution in [0.5, 0.6) is 0 Å². The lowest BCUT2D eigenvalue weighted by atomic mass is 9.98. The summed E-state index contributed by atoms with van der Waals surface area (Å²) in [5.74, 6) is 0.0870. The number of hydrogen-bond acceptors (Lipinski definition) is 3. The van der Waals surface area contributed by atoms with Crippen LogP contribution >= 0.6 is 11.3 Å². The molecule has 0 saturated heterocycles. The van der Waals surface area contributed by atoms with Crippen molar-refractivity contribution in [2.24, 2.45) is 0 Å². The first kappa shape index (κ1) is 17.1. The maximum absolute atomic E-state index is 13.6. The van der Waals surface area contributed by atoms with Crippen LogP contribution in [0.3, 0.4) is 0 Å². The lowest BCUT2D eigenvalue weighted by molar-refractivity contribution is 0.0736. The number of amides is 1. The summed E-state index contributed by atoms with van der Waals surface area (Å²) in [6.45, 7) is 3.47. The van der Waals surface area contributed by atoms with Crippen LogP contribution in [0.15, 0.2) is 65.4 Å². The van der Waals surface area contributed by atoms with E-state index < -0.39 is 0 Å². The normalized spacial score (nSPS) is 13.5. The number of aryl methyl sites for hydroxylation is 1. The lowest BCUT2D eigenvalue weighted by Gasteiger charge is -2.29. The summed E-state index contributed by atoms with van der Waals surface area (Å²) >= 11 is 1.64. The number of aromatic nitrogens is 1. The van der Waals surface area contributed by atoms with Crippen LogP contribution in [0.4, 0.5) is 0 Å². The molecule has 0 N–H and O–H groups in total. The molecule has 1 amide bonds. The number of benzene rings is 2. The molecule has 1 aliphatic heterocycles. The first-order chi connectivity index (χ1) is 13.7. The third kappa shape index (κ3) is 3.00. The molecule has 0 spiro atoms. The van der Waals surface area contributed by atoms with Crippen LogP contribution in [0.2, 0.25) is 0 Å². The van der Waals surface area contributed by atoms with Gasteiger partial charge >= 0.3 is 0 Å². The molecule has 0 aliphatic carbocycles. The van der Waals surface area contributed by atoms with Crippen molar-refractivity contribution in [3.05, 3.63) is 87.6 Å². The summed E-state index contributed by atoms with van der Waals surface area (Å²) in [4.78, 5) is 20.3. The van der Waals surface area contributed by atoms with Gasteiger partial charge in [-0.1, -0.05) is 35.9 Å². The van der Waals surface area contributed by atoms with Gasteiger partial charge in [0.2, 0.25) is 0 Å². The molecule has 0 bridgehead atoms. The summed E-state index contributed by atoms with van der Waals surface area (Å²) < 4.78 is 0. The van der Waals surface area contributed by atoms with Crippen LogP contribution in [0.1, 0.15) is 27.0 Å². The molecule has 138 valence electrons. The molecule has 5 rings (SSSR count). The van der Waals surface area contributed by atoms with Gasteiger partial charge in [0.05, 0.1) is 16.8 Å². The van der Waals surface area contributed by atoms with Crippen LogP contribution < -0.4 is 0 Å². The minimum atomic E-state index is 0.0870. The number of hydrogen-bond donors (Lipinski definition) is 0. The third-order valence-corrected chi connectivity index (χ3v) is 6.11. The zero-order valence-electron chi connectivity index (χ0n) is 15.7. The summed E-state index contributed by atoms with van der Waals surface area (Å²) in [5.41, 5.74) is 7.26. The highest BCUT2D eigenvalue weighted by atomic mass is 32.1. The minimum Gasteiger partial charge on any atom is -0.334 e. The monoisotopic (exact) mass is 384 g/mol. The molecule has 28 heavy (non-hydrogen) atoms. The number of fused-ring (bicyclic) bond motifs is 2. The Bertz CT molecular complexity index is 1180. The quantitative estimate of drug-likeness (QED) is 0.459. The van der Waals surface area contributed by atoms with E-state index >= 15 is 0 Å². The minimum absolute atomic E-state index is 0.0870. The Morgan fingerprint density at radius 2 is 1.93 bits per heavy atom. The Labute approximate surface area is 168 Å². The predicted octanol–water partition coefficient (Wildman–Crippen LogP) is 5.47. The fourth-order valence-corrected chi connectivity index (χ4v) is 4.56. The summed E-state index contributed by atoms with van der Waals surface area (Å²) in [5, 5.41) is 5.05. The van der Waals surface area contributed by atoms with Gasteiger partial charge in [-0.2, -0.15) is 11.3 Å². The molecule has 1 aliphatic rings. The molecule has 0 radical (unpaired) electrons. The fraction of sp³-hybridized carbons (Fsp3) is 0.167. The Morgan fingerprint density at radius 1 is 1.07 bits per heavy atom. The Balaban J connectivity index is 1.61. The summed E-state index contributed by atoms with van der Waals surface area (Å²) in [6.07, 6.45) is 0.904. The Morgan fingerprint density at radius 3 is 2.75 bits per heavy atom. The number of thiophene rings is 1. The molecule has 0 atom stereocenters. The number of carbonyl (C=O) groups is 1. The number of pyridine rings is 1. The first-order valence-corrected chi connectivity index (χ1v) is 10.4. The van der Waals surface area contributed by atoms with Gasteiger partial charge in [-0.05, 0) is 54.1 Å². The largest absolute Gasteiger partial charge is 0.334 e. The van der Waals surface area contributed by atoms with E-state index in [4.69, 9.17) is 4.98 Å². The van der Waals surface area contributed by atoms with E-state index in [0.29, 0.717) is 6.54 Å². The van der Waals surface area contributed by atoms with Crippen molar-refractivity contribution in [2.45, 2.75) is 19.9 Å². The van der Waals surface area contributed by atoms with Crippen molar-refractivity contribution in [3.63, 3.8) is 0 Å². The zero-order chi connectivity index (χ0) is 19.1. The zero-order valence-corrected chi connectivity index (χ0v) is 16.5. The Hall–Kier alpha value is -2.98. The van der Waals surface area contributed by atoms with E-state index in [-0.39, 0.29) is 5.91 Å². The molecular weight excluding hydrogens is 364 g/mol. The van der Waals surface area contributed by atoms with Gasteiger partial charge in [0.1, 0.15) is 0 Å². The lowest BCUT2D eigenvalue weighted by Crippen LogP contribution is -2.36. The molecule has 0 unspecified atom stereocenters. The van der Waals surface area contributed by atoms with Gasteiger partial charge in [-0.15, -0.1) is 0 Å². The average molecular weight is 385 g/mol. The molecule has 2 aromatic heterocycles. The first-order valence-electron chi connectivity index (χ1n) is 9.49.